The van der Waals surface area contributed by atoms with Crippen LogP contribution in [0.5, 0.6) is 0 Å². The minimum atomic E-state index is 0.0694. The van der Waals surface area contributed by atoms with E-state index in [0.29, 0.717) is 5.92 Å². The maximum atomic E-state index is 9.21. The molecule has 3 nitrogen and oxygen atoms in total. The molecule has 0 radical (unpaired) electrons. The number of hydrogen-bond acceptors (Lipinski definition) is 4. The molecule has 3 aromatic carbocycles. The van der Waals surface area contributed by atoms with E-state index in [1.807, 2.05) is 30.5 Å². The van der Waals surface area contributed by atoms with Gasteiger partial charge >= 0.3 is 0 Å². The molecule has 1 aromatic heterocycles. The van der Waals surface area contributed by atoms with Crippen molar-refractivity contribution in [1.82, 2.24) is 9.88 Å². The molecule has 1 saturated heterocycles. The number of thioether (sulfide) groups is 1. The lowest BCUT2D eigenvalue weighted by Gasteiger charge is -2.29. The first-order valence-corrected chi connectivity index (χ1v) is 13.3. The molecule has 1 fully saturated rings. The number of benzene rings is 3. The first-order chi connectivity index (χ1) is 17.2. The van der Waals surface area contributed by atoms with Crippen LogP contribution in [0.15, 0.2) is 96.2 Å². The second kappa shape index (κ2) is 11.2. The van der Waals surface area contributed by atoms with Gasteiger partial charge in [0.2, 0.25) is 0 Å². The molecular formula is C31H32N2OS. The van der Waals surface area contributed by atoms with Gasteiger partial charge in [-0.15, -0.1) is 11.8 Å². The van der Waals surface area contributed by atoms with Crippen molar-refractivity contribution in [2.75, 3.05) is 20.1 Å². The second-order valence-electron chi connectivity index (χ2n) is 9.43. The Bertz CT molecular complexity index is 1210. The number of hydrogen-bond donors (Lipinski definition) is 1. The van der Waals surface area contributed by atoms with Crippen molar-refractivity contribution < 1.29 is 5.11 Å². The van der Waals surface area contributed by atoms with Crippen LogP contribution in [0.25, 0.3) is 22.3 Å². The fraction of sp³-hybridized carbons (Fsp3) is 0.258. The highest BCUT2D eigenvalue weighted by atomic mass is 32.2. The number of pyridine rings is 1. The van der Waals surface area contributed by atoms with E-state index >= 15 is 0 Å². The highest BCUT2D eigenvalue weighted by molar-refractivity contribution is 7.98. The Morgan fingerprint density at radius 3 is 1.86 bits per heavy atom. The monoisotopic (exact) mass is 480 g/mol. The molecule has 1 N–H and O–H groups in total. The minimum Gasteiger partial charge on any atom is -0.392 e. The minimum absolute atomic E-state index is 0.0694. The molecule has 5 rings (SSSR count). The van der Waals surface area contributed by atoms with Gasteiger partial charge in [-0.3, -0.25) is 0 Å². The van der Waals surface area contributed by atoms with Gasteiger partial charge in [0.25, 0.3) is 0 Å². The molecule has 0 aliphatic carbocycles. The Labute approximate surface area is 212 Å². The van der Waals surface area contributed by atoms with Gasteiger partial charge in [-0.2, -0.15) is 0 Å². The smallest absolute Gasteiger partial charge is 0.0963 e. The lowest BCUT2D eigenvalue weighted by atomic mass is 9.88. The average molecular weight is 481 g/mol. The average Bonchev–Trinajstić information content (AvgIpc) is 2.93. The summed E-state index contributed by atoms with van der Waals surface area (Å²) in [4.78, 5) is 7.07. The molecule has 0 bridgehead atoms. The Balaban J connectivity index is 1.16. The first kappa shape index (κ1) is 23.8. The Morgan fingerprint density at radius 2 is 1.29 bits per heavy atom. The molecule has 0 atom stereocenters. The third-order valence-electron chi connectivity index (χ3n) is 6.98. The Hall–Kier alpha value is -2.92. The molecule has 35 heavy (non-hydrogen) atoms. The predicted octanol–water partition coefficient (Wildman–Crippen LogP) is 7.01. The molecule has 4 heteroatoms. The van der Waals surface area contributed by atoms with Crippen LogP contribution in [-0.4, -0.2) is 35.1 Å². The molecule has 0 amide bonds. The molecule has 0 saturated carbocycles. The number of aliphatic hydroxyl groups is 1. The van der Waals surface area contributed by atoms with Gasteiger partial charge in [0.15, 0.2) is 0 Å². The lowest BCUT2D eigenvalue weighted by Crippen LogP contribution is -2.29. The summed E-state index contributed by atoms with van der Waals surface area (Å²) in [5, 5.41) is 10.2. The first-order valence-electron chi connectivity index (χ1n) is 12.3. The third kappa shape index (κ3) is 6.02. The normalized spacial score (nSPS) is 14.8. The third-order valence-corrected chi connectivity index (χ3v) is 8.00. The summed E-state index contributed by atoms with van der Waals surface area (Å²) in [5.41, 5.74) is 8.45. The van der Waals surface area contributed by atoms with Crippen molar-refractivity contribution >= 4 is 11.8 Å². The van der Waals surface area contributed by atoms with Crippen molar-refractivity contribution in [2.24, 2.45) is 0 Å². The zero-order valence-corrected chi connectivity index (χ0v) is 21.0. The maximum Gasteiger partial charge on any atom is 0.0963 e. The molecule has 1 aliphatic heterocycles. The molecule has 1 aliphatic rings. The van der Waals surface area contributed by atoms with E-state index in [1.54, 1.807) is 11.8 Å². The van der Waals surface area contributed by atoms with Crippen LogP contribution in [0.2, 0.25) is 0 Å². The van der Waals surface area contributed by atoms with E-state index in [1.165, 1.54) is 48.2 Å². The van der Waals surface area contributed by atoms with E-state index in [4.69, 9.17) is 0 Å². The summed E-state index contributed by atoms with van der Waals surface area (Å²) in [7, 11) is 2.22. The van der Waals surface area contributed by atoms with Crippen LogP contribution in [-0.2, 0) is 12.4 Å². The van der Waals surface area contributed by atoms with Crippen LogP contribution in [0, 0.1) is 0 Å². The van der Waals surface area contributed by atoms with Gasteiger partial charge in [0.1, 0.15) is 0 Å². The van der Waals surface area contributed by atoms with Crippen LogP contribution in [0.3, 0.4) is 0 Å². The topological polar surface area (TPSA) is 36.4 Å². The van der Waals surface area contributed by atoms with Crippen molar-refractivity contribution in [3.05, 3.63) is 108 Å². The number of aromatic nitrogens is 1. The predicted molar refractivity (Wildman–Crippen MR) is 147 cm³/mol. The molecular weight excluding hydrogens is 448 g/mol. The van der Waals surface area contributed by atoms with Crippen LogP contribution in [0.1, 0.15) is 35.4 Å². The van der Waals surface area contributed by atoms with Gasteiger partial charge in [-0.1, -0.05) is 78.9 Å². The Morgan fingerprint density at radius 1 is 0.743 bits per heavy atom. The number of nitrogens with zero attached hydrogens (tertiary/aromatic N) is 2. The summed E-state index contributed by atoms with van der Waals surface area (Å²) in [6.07, 6.45) is 4.45. The SMILES string of the molecule is CN1CCC(c2ccc(-c3ccc(CSc4ccc(-c5ccc(CO)cc5)cn4)cc3)cc2)CC1. The zero-order chi connectivity index (χ0) is 24.0. The van der Waals surface area contributed by atoms with Crippen molar-refractivity contribution in [2.45, 2.75) is 36.1 Å². The van der Waals surface area contributed by atoms with E-state index in [2.05, 4.69) is 77.6 Å². The maximum absolute atomic E-state index is 9.21. The summed E-state index contributed by atoms with van der Waals surface area (Å²) < 4.78 is 0. The van der Waals surface area contributed by atoms with Gasteiger partial charge in [0, 0.05) is 17.5 Å². The fourth-order valence-electron chi connectivity index (χ4n) is 4.68. The lowest BCUT2D eigenvalue weighted by molar-refractivity contribution is 0.255. The summed E-state index contributed by atoms with van der Waals surface area (Å²) in [6, 6.07) is 30.3. The van der Waals surface area contributed by atoms with Gasteiger partial charge in [0.05, 0.1) is 11.6 Å². The number of aliphatic hydroxyl groups excluding tert-OH is 1. The van der Waals surface area contributed by atoms with E-state index < -0.39 is 0 Å². The molecule has 0 spiro atoms. The standard InChI is InChI=1S/C31H32N2OS/c1-33-18-16-29(17-19-33)27-12-10-26(11-13-27)25-8-4-24(5-9-25)22-35-31-15-14-30(20-32-31)28-6-2-23(21-34)3-7-28/h2-15,20,29,34H,16-19,21-22H2,1H3. The highest BCUT2D eigenvalue weighted by Gasteiger charge is 2.18. The second-order valence-corrected chi connectivity index (χ2v) is 10.4. The fourth-order valence-corrected chi connectivity index (χ4v) is 5.48. The molecule has 0 unspecified atom stereocenters. The molecule has 178 valence electrons. The number of likely N-dealkylation sites (tertiary alicyclic amines) is 1. The summed E-state index contributed by atoms with van der Waals surface area (Å²) in [6.45, 7) is 2.47. The van der Waals surface area contributed by atoms with Crippen LogP contribution < -0.4 is 0 Å². The van der Waals surface area contributed by atoms with Crippen LogP contribution >= 0.6 is 11.8 Å². The van der Waals surface area contributed by atoms with Crippen molar-refractivity contribution in [1.29, 1.82) is 0 Å². The van der Waals surface area contributed by atoms with E-state index in [-0.39, 0.29) is 6.61 Å². The number of rotatable bonds is 7. The van der Waals surface area contributed by atoms with E-state index in [0.717, 1.165) is 27.5 Å². The molecule has 2 heterocycles. The van der Waals surface area contributed by atoms with Gasteiger partial charge < -0.3 is 10.0 Å². The largest absolute Gasteiger partial charge is 0.392 e. The summed E-state index contributed by atoms with van der Waals surface area (Å²) >= 11 is 1.76. The van der Waals surface area contributed by atoms with Gasteiger partial charge in [-0.25, -0.2) is 4.98 Å². The summed E-state index contributed by atoms with van der Waals surface area (Å²) in [5.74, 6) is 1.60. The quantitative estimate of drug-likeness (QED) is 0.289. The van der Waals surface area contributed by atoms with Crippen LogP contribution in [0.4, 0.5) is 0 Å². The van der Waals surface area contributed by atoms with E-state index in [9.17, 15) is 5.11 Å². The Kier molecular flexibility index (Phi) is 7.63. The highest BCUT2D eigenvalue weighted by Crippen LogP contribution is 2.30. The van der Waals surface area contributed by atoms with Crippen molar-refractivity contribution in [3.8, 4) is 22.3 Å². The van der Waals surface area contributed by atoms with Gasteiger partial charge in [-0.05, 0) is 78.3 Å². The van der Waals surface area contributed by atoms with Crippen molar-refractivity contribution in [3.63, 3.8) is 0 Å². The number of piperidine rings is 1. The molecule has 4 aromatic rings. The zero-order valence-electron chi connectivity index (χ0n) is 20.2.